The van der Waals surface area contributed by atoms with Gasteiger partial charge in [-0.1, -0.05) is 60.4 Å². The maximum atomic E-state index is 13.8. The van der Waals surface area contributed by atoms with E-state index in [1.807, 2.05) is 25.1 Å². The van der Waals surface area contributed by atoms with Crippen LogP contribution in [0.3, 0.4) is 0 Å². The van der Waals surface area contributed by atoms with Crippen molar-refractivity contribution in [2.24, 2.45) is 0 Å². The summed E-state index contributed by atoms with van der Waals surface area (Å²) in [5.41, 5.74) is 3.06. The number of aryl methyl sites for hydroxylation is 1. The molecule has 4 heterocycles. The number of piperazine rings is 1. The van der Waals surface area contributed by atoms with Crippen molar-refractivity contribution in [2.75, 3.05) is 51.3 Å². The Kier molecular flexibility index (Phi) is 8.23. The standard InChI is InChI=1S/C28H31N5O3S2/c1-20-9-10-24-29-25(31-14-12-30(13-15-31)19-21-7-4-3-5-8-21)22(26(34)33(24)18-20)17-23-27(35)32(28(37)38-23)11-6-16-36-2/h3-5,7-10,17-18H,6,11-16,19H2,1-2H3. The van der Waals surface area contributed by atoms with Gasteiger partial charge < -0.3 is 9.64 Å². The number of hydrogen-bond acceptors (Lipinski definition) is 8. The van der Waals surface area contributed by atoms with Crippen LogP contribution in [0, 0.1) is 6.92 Å². The lowest BCUT2D eigenvalue weighted by atomic mass is 10.2. The molecule has 0 N–H and O–H groups in total. The first-order chi connectivity index (χ1) is 18.4. The minimum Gasteiger partial charge on any atom is -0.385 e. The van der Waals surface area contributed by atoms with Gasteiger partial charge in [0, 0.05) is 59.2 Å². The van der Waals surface area contributed by atoms with Crippen molar-refractivity contribution in [1.29, 1.82) is 0 Å². The molecule has 10 heteroatoms. The number of aromatic nitrogens is 2. The van der Waals surface area contributed by atoms with Crippen LogP contribution in [0.2, 0.25) is 0 Å². The number of thioether (sulfide) groups is 1. The smallest absolute Gasteiger partial charge is 0.267 e. The lowest BCUT2D eigenvalue weighted by molar-refractivity contribution is -0.122. The van der Waals surface area contributed by atoms with Crippen molar-refractivity contribution in [3.05, 3.63) is 80.6 Å². The second kappa shape index (κ2) is 11.8. The highest BCUT2D eigenvalue weighted by Crippen LogP contribution is 2.33. The topological polar surface area (TPSA) is 70.4 Å². The van der Waals surface area contributed by atoms with Gasteiger partial charge in [-0.2, -0.15) is 0 Å². The van der Waals surface area contributed by atoms with E-state index >= 15 is 0 Å². The molecule has 1 aromatic carbocycles. The Balaban J connectivity index is 1.45. The Bertz CT molecular complexity index is 1430. The molecule has 2 saturated heterocycles. The highest BCUT2D eigenvalue weighted by Gasteiger charge is 2.33. The molecule has 8 nitrogen and oxygen atoms in total. The van der Waals surface area contributed by atoms with Gasteiger partial charge in [0.2, 0.25) is 0 Å². The molecule has 0 aliphatic carbocycles. The van der Waals surface area contributed by atoms with Crippen LogP contribution in [0.15, 0.2) is 58.4 Å². The molecule has 2 aromatic heterocycles. The number of fused-ring (bicyclic) bond motifs is 1. The molecule has 2 fully saturated rings. The summed E-state index contributed by atoms with van der Waals surface area (Å²) in [6, 6.07) is 14.3. The molecule has 0 radical (unpaired) electrons. The number of pyridine rings is 1. The molecule has 0 unspecified atom stereocenters. The summed E-state index contributed by atoms with van der Waals surface area (Å²) >= 11 is 6.72. The van der Waals surface area contributed by atoms with E-state index in [2.05, 4.69) is 34.1 Å². The van der Waals surface area contributed by atoms with Crippen LogP contribution in [-0.4, -0.2) is 75.9 Å². The lowest BCUT2D eigenvalue weighted by Gasteiger charge is -2.36. The average Bonchev–Trinajstić information content (AvgIpc) is 3.19. The Morgan fingerprint density at radius 3 is 2.58 bits per heavy atom. The number of carbonyl (C=O) groups is 1. The number of methoxy groups -OCH3 is 1. The second-order valence-electron chi connectivity index (χ2n) is 9.52. The average molecular weight is 550 g/mol. The van der Waals surface area contributed by atoms with Crippen molar-refractivity contribution in [3.63, 3.8) is 0 Å². The van der Waals surface area contributed by atoms with Crippen molar-refractivity contribution in [3.8, 4) is 0 Å². The summed E-state index contributed by atoms with van der Waals surface area (Å²) in [7, 11) is 1.63. The van der Waals surface area contributed by atoms with E-state index in [4.69, 9.17) is 21.9 Å². The van der Waals surface area contributed by atoms with Gasteiger partial charge in [-0.05, 0) is 36.6 Å². The SMILES string of the molecule is COCCCN1C(=O)C(=Cc2c(N3CCN(Cc4ccccc4)CC3)nc3ccc(C)cn3c2=O)SC1=S. The number of amides is 1. The Hall–Kier alpha value is -3.05. The van der Waals surface area contributed by atoms with Crippen molar-refractivity contribution in [2.45, 2.75) is 19.9 Å². The van der Waals surface area contributed by atoms with E-state index in [1.165, 1.54) is 17.3 Å². The Morgan fingerprint density at radius 1 is 1.08 bits per heavy atom. The van der Waals surface area contributed by atoms with Crippen LogP contribution >= 0.6 is 24.0 Å². The zero-order valence-electron chi connectivity index (χ0n) is 21.6. The third-order valence-corrected chi connectivity index (χ3v) is 8.16. The van der Waals surface area contributed by atoms with Gasteiger partial charge in [0.25, 0.3) is 11.5 Å². The molecule has 1 amide bonds. The van der Waals surface area contributed by atoms with E-state index in [0.29, 0.717) is 45.8 Å². The third-order valence-electron chi connectivity index (χ3n) is 6.79. The van der Waals surface area contributed by atoms with Crippen LogP contribution in [0.25, 0.3) is 11.7 Å². The van der Waals surface area contributed by atoms with E-state index < -0.39 is 0 Å². The Morgan fingerprint density at radius 2 is 1.84 bits per heavy atom. The van der Waals surface area contributed by atoms with E-state index in [1.54, 1.807) is 28.7 Å². The van der Waals surface area contributed by atoms with E-state index in [9.17, 15) is 9.59 Å². The zero-order valence-corrected chi connectivity index (χ0v) is 23.3. The van der Waals surface area contributed by atoms with E-state index in [0.717, 1.165) is 38.3 Å². The quantitative estimate of drug-likeness (QED) is 0.240. The fourth-order valence-corrected chi connectivity index (χ4v) is 6.05. The molecular weight excluding hydrogens is 518 g/mol. The molecular formula is C28H31N5O3S2. The molecule has 0 atom stereocenters. The first-order valence-corrected chi connectivity index (χ1v) is 14.0. The summed E-state index contributed by atoms with van der Waals surface area (Å²) in [5, 5.41) is 0. The monoisotopic (exact) mass is 549 g/mol. The van der Waals surface area contributed by atoms with Crippen LogP contribution in [0.1, 0.15) is 23.1 Å². The summed E-state index contributed by atoms with van der Waals surface area (Å²) in [6.45, 7) is 7.04. The minimum absolute atomic E-state index is 0.177. The highest BCUT2D eigenvalue weighted by molar-refractivity contribution is 8.26. The van der Waals surface area contributed by atoms with Crippen LogP contribution < -0.4 is 10.5 Å². The fourth-order valence-electron chi connectivity index (χ4n) is 4.76. The number of carbonyl (C=O) groups excluding carboxylic acids is 1. The number of benzene rings is 1. The fraction of sp³-hybridized carbons (Fsp3) is 0.357. The molecule has 3 aromatic rings. The third kappa shape index (κ3) is 5.68. The van der Waals surface area contributed by atoms with Gasteiger partial charge in [0.15, 0.2) is 0 Å². The maximum Gasteiger partial charge on any atom is 0.267 e. The predicted molar refractivity (Wildman–Crippen MR) is 157 cm³/mol. The molecule has 0 saturated carbocycles. The normalized spacial score (nSPS) is 17.8. The number of anilines is 1. The summed E-state index contributed by atoms with van der Waals surface area (Å²) in [4.78, 5) is 38.5. The van der Waals surface area contributed by atoms with Crippen LogP contribution in [0.4, 0.5) is 5.82 Å². The number of rotatable bonds is 8. The van der Waals surface area contributed by atoms with Gasteiger partial charge in [-0.25, -0.2) is 4.98 Å². The van der Waals surface area contributed by atoms with Crippen LogP contribution in [0.5, 0.6) is 0 Å². The van der Waals surface area contributed by atoms with Crippen LogP contribution in [-0.2, 0) is 16.1 Å². The largest absolute Gasteiger partial charge is 0.385 e. The van der Waals surface area contributed by atoms with Crippen molar-refractivity contribution < 1.29 is 9.53 Å². The lowest BCUT2D eigenvalue weighted by Crippen LogP contribution is -2.47. The summed E-state index contributed by atoms with van der Waals surface area (Å²) < 4.78 is 7.18. The maximum absolute atomic E-state index is 13.8. The van der Waals surface area contributed by atoms with Gasteiger partial charge in [-0.3, -0.25) is 23.8 Å². The second-order valence-corrected chi connectivity index (χ2v) is 11.2. The van der Waals surface area contributed by atoms with Gasteiger partial charge in [0.1, 0.15) is 15.8 Å². The molecule has 2 aliphatic heterocycles. The first kappa shape index (κ1) is 26.6. The van der Waals surface area contributed by atoms with Gasteiger partial charge >= 0.3 is 0 Å². The van der Waals surface area contributed by atoms with E-state index in [-0.39, 0.29) is 11.5 Å². The summed E-state index contributed by atoms with van der Waals surface area (Å²) in [6.07, 6.45) is 4.17. The summed E-state index contributed by atoms with van der Waals surface area (Å²) in [5.74, 6) is 0.436. The molecule has 0 bridgehead atoms. The highest BCUT2D eigenvalue weighted by atomic mass is 32.2. The number of hydrogen-bond donors (Lipinski definition) is 0. The zero-order chi connectivity index (χ0) is 26.6. The molecule has 5 rings (SSSR count). The number of ether oxygens (including phenoxy) is 1. The van der Waals surface area contributed by atoms with Crippen molar-refractivity contribution >= 4 is 51.7 Å². The van der Waals surface area contributed by atoms with Crippen molar-refractivity contribution in [1.82, 2.24) is 19.2 Å². The molecule has 2 aliphatic rings. The molecule has 198 valence electrons. The number of nitrogens with zero attached hydrogens (tertiary/aromatic N) is 5. The first-order valence-electron chi connectivity index (χ1n) is 12.7. The number of thiocarbonyl (C=S) groups is 1. The molecule has 0 spiro atoms. The molecule has 38 heavy (non-hydrogen) atoms. The minimum atomic E-state index is -0.190. The van der Waals surface area contributed by atoms with Gasteiger partial charge in [0.05, 0.1) is 10.5 Å². The van der Waals surface area contributed by atoms with Gasteiger partial charge in [-0.15, -0.1) is 0 Å². The predicted octanol–water partition coefficient (Wildman–Crippen LogP) is 3.56. The Labute approximate surface area is 231 Å².